The van der Waals surface area contributed by atoms with Gasteiger partial charge in [-0.25, -0.2) is 0 Å². The van der Waals surface area contributed by atoms with Gasteiger partial charge in [-0.15, -0.1) is 0 Å². The lowest BCUT2D eigenvalue weighted by Crippen LogP contribution is -2.36. The maximum atomic E-state index is 12.9. The number of ether oxygens (including phenoxy) is 1. The van der Waals surface area contributed by atoms with Gasteiger partial charge in [0.05, 0.1) is 17.2 Å². The minimum absolute atomic E-state index is 0.179. The summed E-state index contributed by atoms with van der Waals surface area (Å²) in [4.78, 5) is 25.4. The zero-order valence-electron chi connectivity index (χ0n) is 14.2. The third kappa shape index (κ3) is 6.05. The van der Waals surface area contributed by atoms with Gasteiger partial charge in [0.1, 0.15) is 6.54 Å². The monoisotopic (exact) mass is 389 g/mol. The SMILES string of the molecule is CCOC(=O)CN(CC1CC1)C(=O)/C=C/c1ccc(Cl)c(C(F)(F)F)c1. The number of hydrogen-bond acceptors (Lipinski definition) is 3. The molecule has 8 heteroatoms. The average molecular weight is 390 g/mol. The van der Waals surface area contributed by atoms with Crippen LogP contribution in [0.25, 0.3) is 6.08 Å². The quantitative estimate of drug-likeness (QED) is 0.519. The zero-order chi connectivity index (χ0) is 19.3. The summed E-state index contributed by atoms with van der Waals surface area (Å²) in [6.07, 6.45) is -0.165. The molecule has 0 aromatic heterocycles. The van der Waals surface area contributed by atoms with E-state index in [9.17, 15) is 22.8 Å². The Labute approximate surface area is 154 Å². The number of halogens is 4. The Morgan fingerprint density at radius 3 is 2.62 bits per heavy atom. The summed E-state index contributed by atoms with van der Waals surface area (Å²) < 4.78 is 43.5. The molecular weight excluding hydrogens is 371 g/mol. The van der Waals surface area contributed by atoms with Crippen LogP contribution in [0.1, 0.15) is 30.9 Å². The molecule has 1 saturated carbocycles. The number of hydrogen-bond donors (Lipinski definition) is 0. The summed E-state index contributed by atoms with van der Waals surface area (Å²) >= 11 is 5.57. The van der Waals surface area contributed by atoms with Crippen LogP contribution in [-0.2, 0) is 20.5 Å². The predicted octanol–water partition coefficient (Wildman–Crippen LogP) is 4.17. The third-order valence-corrected chi connectivity index (χ3v) is 4.16. The summed E-state index contributed by atoms with van der Waals surface area (Å²) in [7, 11) is 0. The highest BCUT2D eigenvalue weighted by molar-refractivity contribution is 6.31. The van der Waals surface area contributed by atoms with Crippen LogP contribution in [0.5, 0.6) is 0 Å². The summed E-state index contributed by atoms with van der Waals surface area (Å²) in [6, 6.07) is 3.40. The normalized spacial score (nSPS) is 14.5. The molecule has 1 fully saturated rings. The minimum Gasteiger partial charge on any atom is -0.465 e. The van der Waals surface area contributed by atoms with Crippen molar-refractivity contribution < 1.29 is 27.5 Å². The van der Waals surface area contributed by atoms with E-state index in [2.05, 4.69) is 0 Å². The van der Waals surface area contributed by atoms with Crippen molar-refractivity contribution >= 4 is 29.6 Å². The van der Waals surface area contributed by atoms with Crippen LogP contribution in [0, 0.1) is 5.92 Å². The van der Waals surface area contributed by atoms with Gasteiger partial charge in [0.15, 0.2) is 0 Å². The Bertz CT molecular complexity index is 699. The molecule has 142 valence electrons. The van der Waals surface area contributed by atoms with E-state index in [0.29, 0.717) is 12.5 Å². The molecule has 0 heterocycles. The largest absolute Gasteiger partial charge is 0.465 e. The lowest BCUT2D eigenvalue weighted by Gasteiger charge is -2.20. The molecule has 1 aliphatic carbocycles. The van der Waals surface area contributed by atoms with Gasteiger partial charge in [-0.05, 0) is 49.5 Å². The summed E-state index contributed by atoms with van der Waals surface area (Å²) in [5.41, 5.74) is -0.771. The Balaban J connectivity index is 2.10. The molecular formula is C18H19ClF3NO3. The summed E-state index contributed by atoms with van der Waals surface area (Å²) in [6.45, 7) is 2.13. The van der Waals surface area contributed by atoms with Crippen molar-refractivity contribution in [3.63, 3.8) is 0 Å². The summed E-state index contributed by atoms with van der Waals surface area (Å²) in [5.74, 6) is -0.608. The van der Waals surface area contributed by atoms with Crippen molar-refractivity contribution in [1.29, 1.82) is 0 Å². The Hall–Kier alpha value is -2.02. The number of nitrogens with zero attached hydrogens (tertiary/aromatic N) is 1. The molecule has 0 N–H and O–H groups in total. The highest BCUT2D eigenvalue weighted by Crippen LogP contribution is 2.35. The van der Waals surface area contributed by atoms with Crippen molar-refractivity contribution in [2.75, 3.05) is 19.7 Å². The second-order valence-electron chi connectivity index (χ2n) is 6.04. The van der Waals surface area contributed by atoms with E-state index in [4.69, 9.17) is 16.3 Å². The van der Waals surface area contributed by atoms with Gasteiger partial charge in [0.25, 0.3) is 0 Å². The highest BCUT2D eigenvalue weighted by atomic mass is 35.5. The molecule has 1 amide bonds. The van der Waals surface area contributed by atoms with Crippen LogP contribution >= 0.6 is 11.6 Å². The fraction of sp³-hybridized carbons (Fsp3) is 0.444. The molecule has 1 aliphatic rings. The maximum Gasteiger partial charge on any atom is 0.417 e. The van der Waals surface area contributed by atoms with Gasteiger partial charge < -0.3 is 9.64 Å². The number of esters is 1. The molecule has 0 bridgehead atoms. The van der Waals surface area contributed by atoms with Crippen LogP contribution in [0.2, 0.25) is 5.02 Å². The van der Waals surface area contributed by atoms with E-state index in [1.165, 1.54) is 17.0 Å². The number of carbonyl (C=O) groups excluding carboxylic acids is 2. The van der Waals surface area contributed by atoms with E-state index in [0.717, 1.165) is 31.1 Å². The van der Waals surface area contributed by atoms with E-state index >= 15 is 0 Å². The standard InChI is InChI=1S/C18H19ClF3NO3/c1-2-26-17(25)11-23(10-13-3-4-13)16(24)8-6-12-5-7-15(19)14(9-12)18(20,21)22/h5-9,13H,2-4,10-11H2,1H3/b8-6+. The number of alkyl halides is 3. The van der Waals surface area contributed by atoms with Gasteiger partial charge >= 0.3 is 12.1 Å². The van der Waals surface area contributed by atoms with E-state index in [-0.39, 0.29) is 18.7 Å². The Kier molecular flexibility index (Phi) is 6.69. The number of amides is 1. The minimum atomic E-state index is -4.58. The molecule has 0 radical (unpaired) electrons. The van der Waals surface area contributed by atoms with Crippen LogP contribution in [0.4, 0.5) is 13.2 Å². The first-order chi connectivity index (χ1) is 12.2. The van der Waals surface area contributed by atoms with Crippen molar-refractivity contribution in [3.8, 4) is 0 Å². The average Bonchev–Trinajstić information content (AvgIpc) is 3.36. The number of rotatable bonds is 7. The van der Waals surface area contributed by atoms with Crippen molar-refractivity contribution in [3.05, 3.63) is 40.4 Å². The predicted molar refractivity (Wildman–Crippen MR) is 91.4 cm³/mol. The van der Waals surface area contributed by atoms with E-state index in [1.54, 1.807) is 6.92 Å². The molecule has 26 heavy (non-hydrogen) atoms. The second-order valence-corrected chi connectivity index (χ2v) is 6.44. The maximum absolute atomic E-state index is 12.9. The first-order valence-electron chi connectivity index (χ1n) is 8.20. The molecule has 0 saturated heterocycles. The van der Waals surface area contributed by atoms with Crippen LogP contribution in [0.3, 0.4) is 0 Å². The van der Waals surface area contributed by atoms with Crippen LogP contribution in [0.15, 0.2) is 24.3 Å². The van der Waals surface area contributed by atoms with Gasteiger partial charge in [-0.2, -0.15) is 13.2 Å². The molecule has 0 unspecified atom stereocenters. The third-order valence-electron chi connectivity index (χ3n) is 3.83. The number of benzene rings is 1. The second kappa shape index (κ2) is 8.58. The van der Waals surface area contributed by atoms with Crippen molar-refractivity contribution in [2.45, 2.75) is 25.9 Å². The molecule has 2 rings (SSSR count). The fourth-order valence-electron chi connectivity index (χ4n) is 2.34. The highest BCUT2D eigenvalue weighted by Gasteiger charge is 2.33. The van der Waals surface area contributed by atoms with E-state index in [1.807, 2.05) is 0 Å². The molecule has 4 nitrogen and oxygen atoms in total. The topological polar surface area (TPSA) is 46.6 Å². The molecule has 1 aromatic rings. The van der Waals surface area contributed by atoms with Crippen molar-refractivity contribution in [2.24, 2.45) is 5.92 Å². The van der Waals surface area contributed by atoms with Gasteiger partial charge in [-0.3, -0.25) is 9.59 Å². The van der Waals surface area contributed by atoms with Crippen LogP contribution in [-0.4, -0.2) is 36.5 Å². The fourth-order valence-corrected chi connectivity index (χ4v) is 2.57. The first-order valence-corrected chi connectivity index (χ1v) is 8.58. The summed E-state index contributed by atoms with van der Waals surface area (Å²) in [5, 5.41) is -0.404. The first kappa shape index (κ1) is 20.3. The molecule has 0 spiro atoms. The van der Waals surface area contributed by atoms with Gasteiger partial charge in [0.2, 0.25) is 5.91 Å². The van der Waals surface area contributed by atoms with Crippen molar-refractivity contribution in [1.82, 2.24) is 4.90 Å². The Morgan fingerprint density at radius 1 is 1.35 bits per heavy atom. The lowest BCUT2D eigenvalue weighted by atomic mass is 10.1. The zero-order valence-corrected chi connectivity index (χ0v) is 14.9. The molecule has 0 atom stereocenters. The lowest BCUT2D eigenvalue weighted by molar-refractivity contribution is -0.147. The molecule has 0 aliphatic heterocycles. The van der Waals surface area contributed by atoms with Gasteiger partial charge in [0, 0.05) is 12.6 Å². The van der Waals surface area contributed by atoms with E-state index < -0.39 is 28.6 Å². The number of carbonyl (C=O) groups is 2. The van der Waals surface area contributed by atoms with Crippen LogP contribution < -0.4 is 0 Å². The van der Waals surface area contributed by atoms with Gasteiger partial charge in [-0.1, -0.05) is 17.7 Å². The smallest absolute Gasteiger partial charge is 0.417 e. The molecule has 1 aromatic carbocycles. The Morgan fingerprint density at radius 2 is 2.04 bits per heavy atom.